The van der Waals surface area contributed by atoms with Crippen LogP contribution in [0.4, 0.5) is 8.78 Å². The highest BCUT2D eigenvalue weighted by molar-refractivity contribution is 5.36. The molecule has 4 nitrogen and oxygen atoms in total. The zero-order chi connectivity index (χ0) is 15.3. The van der Waals surface area contributed by atoms with Gasteiger partial charge in [0.25, 0.3) is 0 Å². The molecule has 1 aromatic carbocycles. The van der Waals surface area contributed by atoms with Gasteiger partial charge in [0.2, 0.25) is 0 Å². The average Bonchev–Trinajstić information content (AvgIpc) is 2.43. The van der Waals surface area contributed by atoms with Crippen molar-refractivity contribution < 1.29 is 23.4 Å². The maximum absolute atomic E-state index is 12.5. The van der Waals surface area contributed by atoms with Gasteiger partial charge in [0, 0.05) is 18.2 Å². The molecule has 0 spiro atoms. The van der Waals surface area contributed by atoms with Gasteiger partial charge in [0.1, 0.15) is 5.75 Å². The third kappa shape index (κ3) is 3.90. The van der Waals surface area contributed by atoms with Crippen molar-refractivity contribution in [3.05, 3.63) is 29.8 Å². The first-order valence-electron chi connectivity index (χ1n) is 7.06. The third-order valence-corrected chi connectivity index (χ3v) is 3.79. The molecular formula is C15H21F2NO3. The van der Waals surface area contributed by atoms with E-state index in [9.17, 15) is 13.9 Å². The molecule has 21 heavy (non-hydrogen) atoms. The number of benzene rings is 1. The minimum absolute atomic E-state index is 0.0472. The quantitative estimate of drug-likeness (QED) is 0.774. The van der Waals surface area contributed by atoms with Gasteiger partial charge in [-0.1, -0.05) is 25.1 Å². The van der Waals surface area contributed by atoms with E-state index in [4.69, 9.17) is 4.74 Å². The first kappa shape index (κ1) is 16.1. The largest absolute Gasteiger partial charge is 0.434 e. The van der Waals surface area contributed by atoms with Crippen molar-refractivity contribution in [2.24, 2.45) is 5.41 Å². The van der Waals surface area contributed by atoms with E-state index in [1.807, 2.05) is 6.92 Å². The molecule has 1 aromatic rings. The number of rotatable bonds is 8. The first-order chi connectivity index (χ1) is 10.1. The second-order valence-electron chi connectivity index (χ2n) is 5.41. The lowest BCUT2D eigenvalue weighted by Gasteiger charge is -2.41. The Kier molecular flexibility index (Phi) is 5.50. The number of ether oxygens (including phenoxy) is 2. The van der Waals surface area contributed by atoms with Crippen LogP contribution in [0.1, 0.15) is 24.9 Å². The maximum atomic E-state index is 12.5. The van der Waals surface area contributed by atoms with Gasteiger partial charge in [-0.25, -0.2) is 0 Å². The summed E-state index contributed by atoms with van der Waals surface area (Å²) in [5.41, 5.74) is 0.444. The molecule has 1 atom stereocenters. The zero-order valence-corrected chi connectivity index (χ0v) is 12.0. The van der Waals surface area contributed by atoms with E-state index in [0.717, 1.165) is 6.42 Å². The summed E-state index contributed by atoms with van der Waals surface area (Å²) in [5, 5.41) is 12.8. The molecule has 1 aliphatic heterocycles. The summed E-state index contributed by atoms with van der Waals surface area (Å²) in [4.78, 5) is 0. The van der Waals surface area contributed by atoms with Gasteiger partial charge in [0.15, 0.2) is 0 Å². The van der Waals surface area contributed by atoms with Crippen LogP contribution in [0.3, 0.4) is 0 Å². The lowest BCUT2D eigenvalue weighted by atomic mass is 9.86. The molecule has 0 aliphatic carbocycles. The summed E-state index contributed by atoms with van der Waals surface area (Å²) in [6.45, 7) is 0.785. The molecule has 2 N–H and O–H groups in total. The van der Waals surface area contributed by atoms with Gasteiger partial charge in [-0.15, -0.1) is 0 Å². The van der Waals surface area contributed by atoms with Crippen molar-refractivity contribution in [3.8, 4) is 5.75 Å². The van der Waals surface area contributed by atoms with E-state index in [-0.39, 0.29) is 23.8 Å². The van der Waals surface area contributed by atoms with Crippen LogP contribution in [0.5, 0.6) is 5.75 Å². The molecule has 1 saturated heterocycles. The smallest absolute Gasteiger partial charge is 0.387 e. The second kappa shape index (κ2) is 7.15. The van der Waals surface area contributed by atoms with Crippen molar-refractivity contribution in [1.82, 2.24) is 5.32 Å². The highest BCUT2D eigenvalue weighted by atomic mass is 19.3. The Labute approximate surface area is 123 Å². The Morgan fingerprint density at radius 3 is 2.62 bits per heavy atom. The molecule has 0 aromatic heterocycles. The summed E-state index contributed by atoms with van der Waals surface area (Å²) in [6, 6.07) is 6.68. The van der Waals surface area contributed by atoms with Crippen LogP contribution in [0.15, 0.2) is 24.3 Å². The number of alkyl halides is 2. The molecule has 1 fully saturated rings. The molecule has 0 bridgehead atoms. The van der Waals surface area contributed by atoms with Crippen molar-refractivity contribution in [2.45, 2.75) is 26.0 Å². The zero-order valence-electron chi connectivity index (χ0n) is 12.0. The fourth-order valence-corrected chi connectivity index (χ4v) is 2.43. The van der Waals surface area contributed by atoms with Gasteiger partial charge in [0.05, 0.1) is 25.2 Å². The van der Waals surface area contributed by atoms with Crippen molar-refractivity contribution in [3.63, 3.8) is 0 Å². The van der Waals surface area contributed by atoms with Crippen LogP contribution < -0.4 is 10.1 Å². The van der Waals surface area contributed by atoms with Gasteiger partial charge < -0.3 is 19.9 Å². The number of nitrogens with one attached hydrogen (secondary N) is 1. The van der Waals surface area contributed by atoms with Gasteiger partial charge >= 0.3 is 6.61 Å². The molecule has 1 unspecified atom stereocenters. The van der Waals surface area contributed by atoms with Gasteiger partial charge in [-0.3, -0.25) is 0 Å². The Balaban J connectivity index is 2.06. The summed E-state index contributed by atoms with van der Waals surface area (Å²) in [6.07, 6.45) is 0.728. The summed E-state index contributed by atoms with van der Waals surface area (Å²) in [7, 11) is 0. The van der Waals surface area contributed by atoms with Crippen LogP contribution >= 0.6 is 0 Å². The molecular weight excluding hydrogens is 280 g/mol. The predicted octanol–water partition coefficient (Wildman–Crippen LogP) is 2.34. The number of aliphatic hydroxyl groups excluding tert-OH is 1. The molecule has 1 heterocycles. The van der Waals surface area contributed by atoms with Crippen LogP contribution in [-0.4, -0.2) is 38.1 Å². The highest BCUT2D eigenvalue weighted by Gasteiger charge is 2.38. The summed E-state index contributed by atoms with van der Waals surface area (Å²) >= 11 is 0. The molecule has 0 radical (unpaired) electrons. The molecule has 118 valence electrons. The molecule has 0 saturated carbocycles. The van der Waals surface area contributed by atoms with Gasteiger partial charge in [-0.2, -0.15) is 8.78 Å². The number of aliphatic hydroxyl groups is 1. The first-order valence-corrected chi connectivity index (χ1v) is 7.06. The normalized spacial score (nSPS) is 18.3. The van der Waals surface area contributed by atoms with Gasteiger partial charge in [-0.05, 0) is 12.5 Å². The van der Waals surface area contributed by atoms with Crippen LogP contribution in [0.25, 0.3) is 0 Å². The SMILES string of the molecule is CCC(NCC1(CO)COC1)c1ccccc1OC(F)F. The van der Waals surface area contributed by atoms with E-state index in [1.54, 1.807) is 24.3 Å². The number of halogens is 2. The Hall–Kier alpha value is -1.24. The monoisotopic (exact) mass is 301 g/mol. The lowest BCUT2D eigenvalue weighted by molar-refractivity contribution is -0.135. The van der Waals surface area contributed by atoms with Crippen molar-refractivity contribution in [2.75, 3.05) is 26.4 Å². The van der Waals surface area contributed by atoms with E-state index in [2.05, 4.69) is 10.1 Å². The predicted molar refractivity (Wildman–Crippen MR) is 74.4 cm³/mol. The topological polar surface area (TPSA) is 50.7 Å². The van der Waals surface area contributed by atoms with Crippen molar-refractivity contribution >= 4 is 0 Å². The standard InChI is InChI=1S/C15H21F2NO3/c1-2-12(18-7-15(8-19)9-20-10-15)11-5-3-4-6-13(11)21-14(16)17/h3-6,12,14,18-19H,2,7-10H2,1H3. The Morgan fingerprint density at radius 1 is 1.38 bits per heavy atom. The third-order valence-electron chi connectivity index (χ3n) is 3.79. The Bertz CT molecular complexity index is 447. The second-order valence-corrected chi connectivity index (χ2v) is 5.41. The fourth-order valence-electron chi connectivity index (χ4n) is 2.43. The molecule has 6 heteroatoms. The summed E-state index contributed by atoms with van der Waals surface area (Å²) in [5.74, 6) is 0.190. The van der Waals surface area contributed by atoms with Crippen LogP contribution in [-0.2, 0) is 4.74 Å². The minimum Gasteiger partial charge on any atom is -0.434 e. The Morgan fingerprint density at radius 2 is 2.10 bits per heavy atom. The van der Waals surface area contributed by atoms with E-state index < -0.39 is 6.61 Å². The maximum Gasteiger partial charge on any atom is 0.387 e. The molecule has 2 rings (SSSR count). The highest BCUT2D eigenvalue weighted by Crippen LogP contribution is 2.31. The summed E-state index contributed by atoms with van der Waals surface area (Å²) < 4.78 is 34.7. The van der Waals surface area contributed by atoms with E-state index in [0.29, 0.717) is 25.3 Å². The number of para-hydroxylation sites is 1. The molecule has 0 amide bonds. The average molecular weight is 301 g/mol. The van der Waals surface area contributed by atoms with Crippen LogP contribution in [0, 0.1) is 5.41 Å². The van der Waals surface area contributed by atoms with Crippen molar-refractivity contribution in [1.29, 1.82) is 0 Å². The molecule has 1 aliphatic rings. The van der Waals surface area contributed by atoms with E-state index in [1.165, 1.54) is 0 Å². The van der Waals surface area contributed by atoms with E-state index >= 15 is 0 Å². The number of hydrogen-bond donors (Lipinski definition) is 2. The fraction of sp³-hybridized carbons (Fsp3) is 0.600. The number of hydrogen-bond acceptors (Lipinski definition) is 4. The minimum atomic E-state index is -2.84. The lowest BCUT2D eigenvalue weighted by Crippen LogP contribution is -2.52. The van der Waals surface area contributed by atoms with Crippen LogP contribution in [0.2, 0.25) is 0 Å².